The zero-order valence-electron chi connectivity index (χ0n) is 19.8. The van der Waals surface area contributed by atoms with E-state index in [-0.39, 0.29) is 18.6 Å². The first-order chi connectivity index (χ1) is 18.5. The molecule has 0 fully saturated rings. The summed E-state index contributed by atoms with van der Waals surface area (Å²) >= 11 is 0. The number of nitrogens with one attached hydrogen (secondary N) is 2. The predicted molar refractivity (Wildman–Crippen MR) is 137 cm³/mol. The molecule has 2 N–H and O–H groups in total. The lowest BCUT2D eigenvalue weighted by atomic mass is 9.95. The summed E-state index contributed by atoms with van der Waals surface area (Å²) in [5.74, 6) is -3.56. The van der Waals surface area contributed by atoms with Crippen molar-refractivity contribution in [3.63, 3.8) is 0 Å². The Bertz CT molecular complexity index is 1610. The summed E-state index contributed by atoms with van der Waals surface area (Å²) < 4.78 is 7.41. The van der Waals surface area contributed by atoms with Gasteiger partial charge < -0.3 is 15.4 Å². The second-order valence-corrected chi connectivity index (χ2v) is 8.31. The fourth-order valence-corrected chi connectivity index (χ4v) is 4.17. The van der Waals surface area contributed by atoms with Gasteiger partial charge in [-0.2, -0.15) is 10.4 Å². The van der Waals surface area contributed by atoms with Crippen molar-refractivity contribution in [2.45, 2.75) is 6.61 Å². The smallest absolute Gasteiger partial charge is 0.288 e. The Morgan fingerprint density at radius 1 is 0.974 bits per heavy atom. The number of fused-ring (bicyclic) bond motifs is 3. The van der Waals surface area contributed by atoms with Gasteiger partial charge in [0, 0.05) is 22.5 Å². The maximum atomic E-state index is 13.6. The van der Waals surface area contributed by atoms with Crippen LogP contribution in [-0.2, 0) is 21.0 Å². The van der Waals surface area contributed by atoms with Crippen molar-refractivity contribution in [2.24, 2.45) is 5.92 Å². The van der Waals surface area contributed by atoms with Gasteiger partial charge in [-0.05, 0) is 42.5 Å². The Balaban J connectivity index is 1.60. The first-order valence-electron chi connectivity index (χ1n) is 11.5. The molecular weight excluding hydrogens is 486 g/mol. The second kappa shape index (κ2) is 10.2. The van der Waals surface area contributed by atoms with E-state index in [0.717, 1.165) is 0 Å². The molecule has 1 aliphatic heterocycles. The number of para-hydroxylation sites is 2. The van der Waals surface area contributed by atoms with Crippen molar-refractivity contribution in [1.82, 2.24) is 9.78 Å². The molecule has 38 heavy (non-hydrogen) atoms. The zero-order chi connectivity index (χ0) is 26.6. The molecule has 1 aromatic heterocycles. The maximum Gasteiger partial charge on any atom is 0.288 e. The van der Waals surface area contributed by atoms with E-state index in [1.165, 1.54) is 0 Å². The topological polar surface area (TPSA) is 143 Å². The van der Waals surface area contributed by atoms with Gasteiger partial charge in [0.05, 0.1) is 17.5 Å². The Hall–Kier alpha value is -5.56. The van der Waals surface area contributed by atoms with Gasteiger partial charge in [0.2, 0.25) is 18.0 Å². The highest BCUT2D eigenvalue weighted by atomic mass is 16.5. The lowest BCUT2D eigenvalue weighted by Gasteiger charge is -2.21. The fraction of sp³-hybridized carbons (Fsp3) is 0.0714. The molecule has 1 unspecified atom stereocenters. The molecular formula is C28H19N5O5. The lowest BCUT2D eigenvalue weighted by Crippen LogP contribution is -2.29. The van der Waals surface area contributed by atoms with Crippen molar-refractivity contribution >= 4 is 35.3 Å². The number of hydrogen-bond donors (Lipinski definition) is 2. The summed E-state index contributed by atoms with van der Waals surface area (Å²) in [6, 6.07) is 24.1. The van der Waals surface area contributed by atoms with Crippen molar-refractivity contribution in [1.29, 1.82) is 5.26 Å². The van der Waals surface area contributed by atoms with Crippen LogP contribution in [-0.4, -0.2) is 33.7 Å². The van der Waals surface area contributed by atoms with E-state index in [0.29, 0.717) is 39.6 Å². The van der Waals surface area contributed by atoms with Crippen LogP contribution in [0.3, 0.4) is 0 Å². The van der Waals surface area contributed by atoms with Gasteiger partial charge in [0.25, 0.3) is 5.91 Å². The maximum absolute atomic E-state index is 13.6. The van der Waals surface area contributed by atoms with E-state index in [1.54, 1.807) is 83.5 Å². The molecule has 4 aromatic rings. The highest BCUT2D eigenvalue weighted by Gasteiger charge is 2.36. The largest absolute Gasteiger partial charge is 0.488 e. The Labute approximate surface area is 216 Å². The summed E-state index contributed by atoms with van der Waals surface area (Å²) in [5.41, 5.74) is 2.73. The normalized spacial score (nSPS) is 12.1. The first kappa shape index (κ1) is 24.1. The number of carbonyl (C=O) groups excluding carboxylic acids is 4. The predicted octanol–water partition coefficient (Wildman–Crippen LogP) is 3.53. The second-order valence-electron chi connectivity index (χ2n) is 8.31. The van der Waals surface area contributed by atoms with Crippen LogP contribution in [0.25, 0.3) is 16.9 Å². The number of ketones is 1. The molecule has 3 aromatic carbocycles. The van der Waals surface area contributed by atoms with Gasteiger partial charge >= 0.3 is 0 Å². The molecule has 2 amide bonds. The van der Waals surface area contributed by atoms with Gasteiger partial charge in [-0.25, -0.2) is 4.68 Å². The number of Topliss-reactive ketones (excluding diaryl/α,β-unsaturated/α-hetero) is 1. The molecule has 1 atom stereocenters. The van der Waals surface area contributed by atoms with E-state index < -0.39 is 23.5 Å². The van der Waals surface area contributed by atoms with Crippen LogP contribution in [0.4, 0.5) is 11.4 Å². The molecule has 0 bridgehead atoms. The number of hydrogen-bond acceptors (Lipinski definition) is 7. The Kier molecular flexibility index (Phi) is 6.48. The summed E-state index contributed by atoms with van der Waals surface area (Å²) in [5, 5.41) is 19.4. The number of aromatic nitrogens is 2. The number of aldehydes is 1. The SMILES string of the molecule is N#CC(C(=O)Nc1ccccc1)C(=O)c1nn(-c2ccccc2)c2c1COc1ccc(NC(=O)C=O)cc1-2. The van der Waals surface area contributed by atoms with Gasteiger partial charge in [0.15, 0.2) is 5.92 Å². The van der Waals surface area contributed by atoms with Crippen molar-refractivity contribution in [2.75, 3.05) is 10.6 Å². The summed E-state index contributed by atoms with van der Waals surface area (Å²) in [4.78, 5) is 48.9. The minimum atomic E-state index is -1.65. The number of nitrogens with zero attached hydrogens (tertiary/aromatic N) is 3. The van der Waals surface area contributed by atoms with Crippen LogP contribution in [0, 0.1) is 17.2 Å². The molecule has 1 aliphatic rings. The van der Waals surface area contributed by atoms with Crippen molar-refractivity contribution in [3.05, 3.63) is 90.1 Å². The molecule has 0 radical (unpaired) electrons. The number of benzene rings is 3. The number of carbonyl (C=O) groups is 4. The van der Waals surface area contributed by atoms with Crippen LogP contribution in [0.15, 0.2) is 78.9 Å². The molecule has 186 valence electrons. The number of amides is 2. The van der Waals surface area contributed by atoms with Gasteiger partial charge in [-0.1, -0.05) is 36.4 Å². The molecule has 10 nitrogen and oxygen atoms in total. The Morgan fingerprint density at radius 3 is 2.37 bits per heavy atom. The lowest BCUT2D eigenvalue weighted by molar-refractivity contribution is -0.127. The quantitative estimate of drug-likeness (QED) is 0.169. The molecule has 0 spiro atoms. The van der Waals surface area contributed by atoms with Crippen LogP contribution in [0.1, 0.15) is 16.1 Å². The number of anilines is 2. The van der Waals surface area contributed by atoms with E-state index in [9.17, 15) is 24.4 Å². The number of nitriles is 1. The van der Waals surface area contributed by atoms with Crippen molar-refractivity contribution < 1.29 is 23.9 Å². The minimum absolute atomic E-state index is 0.0330. The number of rotatable bonds is 7. The molecule has 0 saturated heterocycles. The summed E-state index contributed by atoms with van der Waals surface area (Å²) in [7, 11) is 0. The zero-order valence-corrected chi connectivity index (χ0v) is 19.8. The number of ether oxygens (including phenoxy) is 1. The van der Waals surface area contributed by atoms with E-state index in [4.69, 9.17) is 4.74 Å². The monoisotopic (exact) mass is 505 g/mol. The molecule has 0 aliphatic carbocycles. The highest BCUT2D eigenvalue weighted by molar-refractivity contribution is 6.29. The standard InChI is InChI=1S/C28H19N5O5/c29-14-21(28(37)31-17-7-3-1-4-8-17)27(36)25-22-16-38-23-12-11-18(30-24(35)15-34)13-20(23)26(22)33(32-25)19-9-5-2-6-10-19/h1-13,15,21H,16H2,(H,30,35)(H,31,37). The molecule has 0 saturated carbocycles. The van der Waals surface area contributed by atoms with Crippen molar-refractivity contribution in [3.8, 4) is 28.8 Å². The third-order valence-corrected chi connectivity index (χ3v) is 5.89. The van der Waals surface area contributed by atoms with Gasteiger partial charge in [0.1, 0.15) is 18.1 Å². The molecule has 2 heterocycles. The molecule has 5 rings (SSSR count). The van der Waals surface area contributed by atoms with E-state index in [1.807, 2.05) is 6.07 Å². The summed E-state index contributed by atoms with van der Waals surface area (Å²) in [6.45, 7) is -0.0330. The third-order valence-electron chi connectivity index (χ3n) is 5.89. The minimum Gasteiger partial charge on any atom is -0.488 e. The Morgan fingerprint density at radius 2 is 1.68 bits per heavy atom. The third kappa shape index (κ3) is 4.52. The van der Waals surface area contributed by atoms with E-state index >= 15 is 0 Å². The molecule has 10 heteroatoms. The summed E-state index contributed by atoms with van der Waals surface area (Å²) in [6.07, 6.45) is 0.162. The van der Waals surface area contributed by atoms with Crippen LogP contribution in [0.2, 0.25) is 0 Å². The van der Waals surface area contributed by atoms with E-state index in [2.05, 4.69) is 15.7 Å². The first-order valence-corrected chi connectivity index (χ1v) is 11.5. The van der Waals surface area contributed by atoms with Crippen LogP contribution in [0.5, 0.6) is 5.75 Å². The van der Waals surface area contributed by atoms with Crippen LogP contribution >= 0.6 is 0 Å². The average Bonchev–Trinajstić information content (AvgIpc) is 3.34. The highest BCUT2D eigenvalue weighted by Crippen LogP contribution is 2.42. The van der Waals surface area contributed by atoms with Gasteiger partial charge in [-0.3, -0.25) is 19.2 Å². The van der Waals surface area contributed by atoms with Crippen LogP contribution < -0.4 is 15.4 Å². The average molecular weight is 505 g/mol. The van der Waals surface area contributed by atoms with Gasteiger partial charge in [-0.15, -0.1) is 0 Å². The fourth-order valence-electron chi connectivity index (χ4n) is 4.17.